The Kier molecular flexibility index (Phi) is 485. The normalized spacial score (nSPS) is 0. The number of halogens is 1. The second-order valence-corrected chi connectivity index (χ2v) is 0. The summed E-state index contributed by atoms with van der Waals surface area (Å²) in [4.78, 5) is 0. The van der Waals surface area contributed by atoms with Gasteiger partial charge in [-0.3, -0.25) is 4.70 Å². The Hall–Kier alpha value is 1.19. The van der Waals surface area contributed by atoms with Gasteiger partial charge in [0.25, 0.3) is 0 Å². The summed E-state index contributed by atoms with van der Waals surface area (Å²) in [7, 11) is 0. The van der Waals surface area contributed by atoms with E-state index in [9.17, 15) is 0 Å². The Bertz CT molecular complexity index is 8.00. The fourth-order valence-electron chi connectivity index (χ4n) is 0. The van der Waals surface area contributed by atoms with Crippen LogP contribution in [0.15, 0.2) is 0 Å². The van der Waals surface area contributed by atoms with Gasteiger partial charge in [0, 0.05) is 22.8 Å². The minimum atomic E-state index is 0. The van der Waals surface area contributed by atoms with Gasteiger partial charge in [-0.15, -0.1) is 0 Å². The summed E-state index contributed by atoms with van der Waals surface area (Å²) < 4.78 is 0. The van der Waals surface area contributed by atoms with Gasteiger partial charge in [0.15, 0.2) is 0 Å². The van der Waals surface area contributed by atoms with Crippen molar-refractivity contribution in [3.8, 4) is 0 Å². The lowest BCUT2D eigenvalue weighted by Crippen LogP contribution is -0.382. The lowest BCUT2D eigenvalue weighted by atomic mass is 16.0. The monoisotopic (exact) mass is 89.0 g/mol. The van der Waals surface area contributed by atoms with Crippen molar-refractivity contribution in [2.75, 3.05) is 0 Å². The van der Waals surface area contributed by atoms with Crippen LogP contribution in [0.2, 0.25) is 0 Å². The Morgan fingerprint density at radius 3 is 1.00 bits per heavy atom. The molecule has 0 atom stereocenters. The smallest absolute Gasteiger partial charge is 0.269 e. The second kappa shape index (κ2) is 30.1. The lowest BCUT2D eigenvalue weighted by molar-refractivity contribution is 0.686. The Morgan fingerprint density at radius 2 is 1.00 bits per heavy atom. The molecule has 0 aliphatic rings. The first-order valence-electron chi connectivity index (χ1n) is 0. The summed E-state index contributed by atoms with van der Waals surface area (Å²) in [6.07, 6.45) is 0. The van der Waals surface area contributed by atoms with E-state index < -0.39 is 0 Å². The molecule has 1 nitrogen and oxygen atoms in total. The third kappa shape index (κ3) is 10.8. The zero-order valence-corrected chi connectivity index (χ0v) is 2.55. The molecule has 21 valence electrons. The van der Waals surface area contributed by atoms with E-state index in [1.807, 2.05) is 0 Å². The van der Waals surface area contributed by atoms with Gasteiger partial charge in [0.05, 0.1) is 0 Å². The van der Waals surface area contributed by atoms with E-state index in [4.69, 9.17) is 0 Å². The third-order valence-electron chi connectivity index (χ3n) is 0. The minimum absolute atomic E-state index is 0. The minimum Gasteiger partial charge on any atom is -0.269 e. The summed E-state index contributed by atoms with van der Waals surface area (Å²) >= 11 is 0. The van der Waals surface area contributed by atoms with Crippen LogP contribution in [0, 0.1) is 0 Å². The van der Waals surface area contributed by atoms with Crippen LogP contribution >= 0.6 is 0 Å². The molecule has 0 N–H and O–H groups in total. The van der Waals surface area contributed by atoms with E-state index in [0.29, 0.717) is 0 Å². The molecule has 0 amide bonds. The predicted molar refractivity (Wildman–Crippen MR) is 17.5 cm³/mol. The first-order valence-corrected chi connectivity index (χ1v) is 0. The standard InChI is InChI=1S/Al.FH.Mg.O.2H/h;1H;;;;. The SMILES string of the molecule is F.[Al].[MgH2].[O]. The van der Waals surface area contributed by atoms with Crippen LogP contribution in [-0.2, 0) is 5.48 Å². The number of rotatable bonds is 0. The van der Waals surface area contributed by atoms with Gasteiger partial charge in [-0.05, 0) is 0 Å². The van der Waals surface area contributed by atoms with Crippen LogP contribution in [0.5, 0.6) is 0 Å². The molecule has 5 radical (unpaired) electrons. The van der Waals surface area contributed by atoms with Crippen LogP contribution in [0.3, 0.4) is 0 Å². The van der Waals surface area contributed by atoms with Crippen molar-refractivity contribution in [3.63, 3.8) is 0 Å². The van der Waals surface area contributed by atoms with Gasteiger partial charge in [0.2, 0.25) is 0 Å². The van der Waals surface area contributed by atoms with Crippen molar-refractivity contribution in [2.45, 2.75) is 0 Å². The average Bonchev–Trinajstić information content (AvgIpc) is 0. The lowest BCUT2D eigenvalue weighted by Gasteiger charge is -0.269. The molecule has 0 aromatic carbocycles. The fraction of sp³-hybridized carbons (Fsp3) is 0. The number of hydrogen-bond acceptors (Lipinski definition) is 0. The molecule has 4 heteroatoms. The summed E-state index contributed by atoms with van der Waals surface area (Å²) in [5.41, 5.74) is 0. The van der Waals surface area contributed by atoms with Crippen LogP contribution in [0.25, 0.3) is 0 Å². The first-order chi connectivity index (χ1) is 0. The van der Waals surface area contributed by atoms with Crippen molar-refractivity contribution < 1.29 is 10.2 Å². The second-order valence-electron chi connectivity index (χ2n) is 0. The molecule has 0 aromatic rings. The predicted octanol–water partition coefficient (Wildman–Crippen LogP) is -1.26. The topological polar surface area (TPSA) is 28.5 Å². The Morgan fingerprint density at radius 1 is 1.00 bits per heavy atom. The van der Waals surface area contributed by atoms with Crippen molar-refractivity contribution in [3.05, 3.63) is 0 Å². The van der Waals surface area contributed by atoms with Crippen molar-refractivity contribution in [1.29, 1.82) is 0 Å². The first kappa shape index (κ1) is 64.4. The summed E-state index contributed by atoms with van der Waals surface area (Å²) in [5.74, 6) is 0. The molecule has 0 spiro atoms. The Balaban J connectivity index is 0. The molecule has 0 unspecified atom stereocenters. The zero-order chi connectivity index (χ0) is 0. The molecular formula is H3AlFMgO. The maximum Gasteiger partial charge on any atom is 0.316 e. The number of hydrogen-bond donors (Lipinski definition) is 0. The molecule has 0 rings (SSSR count). The zero-order valence-electron chi connectivity index (χ0n) is 1.39. The Labute approximate surface area is 50.7 Å². The van der Waals surface area contributed by atoms with E-state index in [1.54, 1.807) is 0 Å². The van der Waals surface area contributed by atoms with Crippen molar-refractivity contribution in [2.24, 2.45) is 0 Å². The maximum atomic E-state index is 0. The molecule has 0 aliphatic heterocycles. The van der Waals surface area contributed by atoms with Crippen LogP contribution in [0.1, 0.15) is 0 Å². The van der Waals surface area contributed by atoms with Gasteiger partial charge in [-0.1, -0.05) is 0 Å². The van der Waals surface area contributed by atoms with E-state index in [-0.39, 0.29) is 50.6 Å². The van der Waals surface area contributed by atoms with Crippen LogP contribution in [0.4, 0.5) is 4.70 Å². The van der Waals surface area contributed by atoms with E-state index in [1.165, 1.54) is 0 Å². The van der Waals surface area contributed by atoms with Crippen LogP contribution in [-0.4, -0.2) is 40.4 Å². The molecule has 0 fully saturated rings. The molecular weight excluding hydrogens is 86.3 g/mol. The molecule has 0 bridgehead atoms. The molecule has 0 aromatic heterocycles. The maximum absolute atomic E-state index is 0. The third-order valence-corrected chi connectivity index (χ3v) is 0. The molecule has 4 heavy (non-hydrogen) atoms. The van der Waals surface area contributed by atoms with Gasteiger partial charge in [-0.25, -0.2) is 0 Å². The van der Waals surface area contributed by atoms with Crippen molar-refractivity contribution in [1.82, 2.24) is 0 Å². The summed E-state index contributed by atoms with van der Waals surface area (Å²) in [6, 6.07) is 0. The highest BCUT2D eigenvalue weighted by Gasteiger charge is 0.316. The molecule has 0 heterocycles. The van der Waals surface area contributed by atoms with E-state index >= 15 is 0 Å². The van der Waals surface area contributed by atoms with Crippen LogP contribution < -0.4 is 0 Å². The quantitative estimate of drug-likeness (QED) is 0.331. The largest absolute Gasteiger partial charge is 0.316 e. The summed E-state index contributed by atoms with van der Waals surface area (Å²) in [6.45, 7) is 0. The van der Waals surface area contributed by atoms with E-state index in [0.717, 1.165) is 0 Å². The van der Waals surface area contributed by atoms with Gasteiger partial charge in [-0.2, -0.15) is 0 Å². The highest BCUT2D eigenvalue weighted by molar-refractivity contribution is 5.76. The van der Waals surface area contributed by atoms with Gasteiger partial charge >= 0.3 is 23.1 Å². The van der Waals surface area contributed by atoms with Gasteiger partial charge in [0.1, 0.15) is 0 Å². The van der Waals surface area contributed by atoms with Gasteiger partial charge < -0.3 is 0 Å². The fourth-order valence-corrected chi connectivity index (χ4v) is 0. The molecule has 0 saturated carbocycles. The van der Waals surface area contributed by atoms with Crippen molar-refractivity contribution >= 4 is 40.4 Å². The summed E-state index contributed by atoms with van der Waals surface area (Å²) in [5, 5.41) is 0. The molecule has 0 saturated heterocycles. The highest BCUT2D eigenvalue weighted by atomic mass is 27.0. The van der Waals surface area contributed by atoms with E-state index in [2.05, 4.69) is 0 Å². The highest BCUT2D eigenvalue weighted by Crippen LogP contribution is 0.420. The molecule has 0 aliphatic carbocycles. The average molecular weight is 89.3 g/mol.